The van der Waals surface area contributed by atoms with Crippen LogP contribution in [0.2, 0.25) is 0 Å². The van der Waals surface area contributed by atoms with Gasteiger partial charge in [-0.05, 0) is 65.7 Å². The fourth-order valence-electron chi connectivity index (χ4n) is 4.50. The average molecular weight is 525 g/mol. The van der Waals surface area contributed by atoms with E-state index in [1.807, 2.05) is 11.4 Å². The Morgan fingerprint density at radius 1 is 1.16 bits per heavy atom. The molecule has 37 heavy (non-hydrogen) atoms. The lowest BCUT2D eigenvalue weighted by Gasteiger charge is -2.37. The zero-order valence-corrected chi connectivity index (χ0v) is 22.3. The Labute approximate surface area is 221 Å². The Morgan fingerprint density at radius 3 is 2.65 bits per heavy atom. The molecule has 4 rings (SSSR count). The van der Waals surface area contributed by atoms with Gasteiger partial charge in [0.05, 0.1) is 13.2 Å². The van der Waals surface area contributed by atoms with Crippen LogP contribution in [0.15, 0.2) is 60.0 Å². The third kappa shape index (κ3) is 6.49. The van der Waals surface area contributed by atoms with Crippen LogP contribution < -0.4 is 9.47 Å². The molecule has 2 heterocycles. The lowest BCUT2D eigenvalue weighted by molar-refractivity contribution is -0.135. The number of thiophene rings is 1. The van der Waals surface area contributed by atoms with Crippen LogP contribution in [0.3, 0.4) is 0 Å². The highest BCUT2D eigenvalue weighted by Gasteiger charge is 2.34. The minimum Gasteiger partial charge on any atom is -0.497 e. The molecule has 0 fully saturated rings. The predicted octanol–water partition coefficient (Wildman–Crippen LogP) is 5.59. The maximum atomic E-state index is 13.7. The molecule has 2 unspecified atom stereocenters. The maximum absolute atomic E-state index is 13.7. The van der Waals surface area contributed by atoms with Crippen molar-refractivity contribution in [1.29, 1.82) is 0 Å². The number of fused-ring (bicyclic) bond motifs is 1. The summed E-state index contributed by atoms with van der Waals surface area (Å²) in [5.74, 6) is 0.645. The van der Waals surface area contributed by atoms with Gasteiger partial charge in [-0.25, -0.2) is 4.39 Å². The van der Waals surface area contributed by atoms with E-state index in [0.717, 1.165) is 18.4 Å². The Hall–Kier alpha value is -3.39. The number of benzene rings is 2. The third-order valence-corrected chi connectivity index (χ3v) is 7.79. The summed E-state index contributed by atoms with van der Waals surface area (Å²) < 4.78 is 24.8. The van der Waals surface area contributed by atoms with E-state index < -0.39 is 0 Å². The number of halogens is 1. The summed E-state index contributed by atoms with van der Waals surface area (Å²) in [7, 11) is 1.58. The quantitative estimate of drug-likeness (QED) is 0.347. The fraction of sp³-hybridized carbons (Fsp3) is 0.379. The number of amides is 2. The molecule has 3 aromatic rings. The van der Waals surface area contributed by atoms with E-state index in [-0.39, 0.29) is 42.7 Å². The molecule has 2 amide bonds. The minimum absolute atomic E-state index is 0.0227. The summed E-state index contributed by atoms with van der Waals surface area (Å²) in [4.78, 5) is 31.8. The van der Waals surface area contributed by atoms with E-state index in [1.165, 1.54) is 17.0 Å². The van der Waals surface area contributed by atoms with Crippen LogP contribution >= 0.6 is 11.3 Å². The van der Waals surface area contributed by atoms with Gasteiger partial charge in [0.1, 0.15) is 30.5 Å². The molecule has 0 radical (unpaired) electrons. The summed E-state index contributed by atoms with van der Waals surface area (Å²) >= 11 is 1.67. The van der Waals surface area contributed by atoms with Gasteiger partial charge in [-0.2, -0.15) is 0 Å². The van der Waals surface area contributed by atoms with Gasteiger partial charge >= 0.3 is 0 Å². The van der Waals surface area contributed by atoms with E-state index in [9.17, 15) is 14.0 Å². The van der Waals surface area contributed by atoms with Crippen LogP contribution in [0.25, 0.3) is 0 Å². The molecular weight excluding hydrogens is 491 g/mol. The second kappa shape index (κ2) is 12.2. The number of hydrogen-bond donors (Lipinski definition) is 0. The van der Waals surface area contributed by atoms with Gasteiger partial charge in [-0.3, -0.25) is 9.59 Å². The number of hydrogen-bond acceptors (Lipinski definition) is 5. The first-order valence-corrected chi connectivity index (χ1v) is 13.4. The van der Waals surface area contributed by atoms with Crippen molar-refractivity contribution in [3.63, 3.8) is 0 Å². The molecule has 0 aliphatic carbocycles. The second-order valence-corrected chi connectivity index (χ2v) is 10.3. The molecule has 0 saturated heterocycles. The SMILES string of the molecule is CCC(C)CN(CC(=O)N1CCc2sccc2C1COc1cccc(F)c1)C(=O)c1ccc(OC)cc1. The fourth-order valence-corrected chi connectivity index (χ4v) is 5.43. The number of methoxy groups -OCH3 is 1. The van der Waals surface area contributed by atoms with Crippen LogP contribution in [-0.4, -0.2) is 55.0 Å². The lowest BCUT2D eigenvalue weighted by atomic mass is 10.00. The molecule has 0 bridgehead atoms. The number of carbonyl (C=O) groups is 2. The molecule has 0 saturated carbocycles. The van der Waals surface area contributed by atoms with Crippen LogP contribution in [-0.2, 0) is 11.2 Å². The molecule has 8 heteroatoms. The molecule has 2 atom stereocenters. The molecule has 1 aliphatic rings. The Morgan fingerprint density at radius 2 is 1.95 bits per heavy atom. The third-order valence-electron chi connectivity index (χ3n) is 6.80. The van der Waals surface area contributed by atoms with Crippen LogP contribution in [0.1, 0.15) is 47.1 Å². The normalized spacial score (nSPS) is 15.6. The number of rotatable bonds is 10. The van der Waals surface area contributed by atoms with Crippen molar-refractivity contribution in [3.8, 4) is 11.5 Å². The first kappa shape index (κ1) is 26.7. The number of nitrogens with zero attached hydrogens (tertiary/aromatic N) is 2. The van der Waals surface area contributed by atoms with Crippen molar-refractivity contribution in [2.75, 3.05) is 33.4 Å². The first-order chi connectivity index (χ1) is 17.9. The van der Waals surface area contributed by atoms with Crippen molar-refractivity contribution in [3.05, 3.63) is 81.8 Å². The van der Waals surface area contributed by atoms with Crippen molar-refractivity contribution in [2.45, 2.75) is 32.7 Å². The zero-order valence-electron chi connectivity index (χ0n) is 21.5. The Kier molecular flexibility index (Phi) is 8.82. The van der Waals surface area contributed by atoms with Gasteiger partial charge in [0.2, 0.25) is 5.91 Å². The Bertz CT molecular complexity index is 1210. The Balaban J connectivity index is 1.54. The van der Waals surface area contributed by atoms with Gasteiger partial charge < -0.3 is 19.3 Å². The van der Waals surface area contributed by atoms with Gasteiger partial charge in [-0.15, -0.1) is 11.3 Å². The van der Waals surface area contributed by atoms with Crippen LogP contribution in [0.4, 0.5) is 4.39 Å². The summed E-state index contributed by atoms with van der Waals surface area (Å²) in [5, 5.41) is 2.02. The second-order valence-electron chi connectivity index (χ2n) is 9.35. The van der Waals surface area contributed by atoms with Crippen molar-refractivity contribution >= 4 is 23.2 Å². The summed E-state index contributed by atoms with van der Waals surface area (Å²) in [6, 6.07) is 14.7. The van der Waals surface area contributed by atoms with Gasteiger partial charge in [0.25, 0.3) is 5.91 Å². The molecule has 196 valence electrons. The van der Waals surface area contributed by atoms with Gasteiger partial charge in [0, 0.05) is 29.6 Å². The molecule has 6 nitrogen and oxygen atoms in total. The predicted molar refractivity (Wildman–Crippen MR) is 143 cm³/mol. The summed E-state index contributed by atoms with van der Waals surface area (Å²) in [6.07, 6.45) is 1.65. The number of ether oxygens (including phenoxy) is 2. The monoisotopic (exact) mass is 524 g/mol. The first-order valence-electron chi connectivity index (χ1n) is 12.6. The highest BCUT2D eigenvalue weighted by molar-refractivity contribution is 7.10. The van der Waals surface area contributed by atoms with E-state index >= 15 is 0 Å². The molecule has 2 aromatic carbocycles. The highest BCUT2D eigenvalue weighted by atomic mass is 32.1. The maximum Gasteiger partial charge on any atom is 0.254 e. The van der Waals surface area contributed by atoms with Crippen LogP contribution in [0.5, 0.6) is 11.5 Å². The molecule has 1 aliphatic heterocycles. The average Bonchev–Trinajstić information content (AvgIpc) is 3.40. The van der Waals surface area contributed by atoms with Crippen molar-refractivity contribution in [1.82, 2.24) is 9.80 Å². The van der Waals surface area contributed by atoms with Crippen LogP contribution in [0, 0.1) is 11.7 Å². The van der Waals surface area contributed by atoms with E-state index in [0.29, 0.717) is 30.2 Å². The van der Waals surface area contributed by atoms with E-state index in [4.69, 9.17) is 9.47 Å². The largest absolute Gasteiger partial charge is 0.497 e. The summed E-state index contributed by atoms with van der Waals surface area (Å²) in [6.45, 7) is 5.35. The van der Waals surface area contributed by atoms with E-state index in [2.05, 4.69) is 13.8 Å². The minimum atomic E-state index is -0.372. The van der Waals surface area contributed by atoms with Crippen molar-refractivity contribution < 1.29 is 23.5 Å². The molecule has 0 spiro atoms. The number of carbonyl (C=O) groups excluding carboxylic acids is 2. The summed E-state index contributed by atoms with van der Waals surface area (Å²) in [5.41, 5.74) is 1.57. The van der Waals surface area contributed by atoms with Gasteiger partial charge in [0.15, 0.2) is 0 Å². The molecule has 0 N–H and O–H groups in total. The van der Waals surface area contributed by atoms with Gasteiger partial charge in [-0.1, -0.05) is 26.3 Å². The zero-order chi connectivity index (χ0) is 26.4. The van der Waals surface area contributed by atoms with E-state index in [1.54, 1.807) is 64.6 Å². The molecule has 1 aromatic heterocycles. The van der Waals surface area contributed by atoms with Crippen molar-refractivity contribution in [2.24, 2.45) is 5.92 Å². The highest BCUT2D eigenvalue weighted by Crippen LogP contribution is 2.34. The standard InChI is InChI=1S/C29H33FN2O4S/c1-4-20(2)17-31(29(34)21-8-10-23(35-3)11-9-21)18-28(33)32-14-12-27-25(13-15-37-27)26(32)19-36-24-7-5-6-22(30)16-24/h5-11,13,15-16,20,26H,4,12,14,17-19H2,1-3H3. The topological polar surface area (TPSA) is 59.1 Å². The smallest absolute Gasteiger partial charge is 0.254 e. The molecular formula is C29H33FN2O4S. The lowest BCUT2D eigenvalue weighted by Crippen LogP contribution is -2.48.